The summed E-state index contributed by atoms with van der Waals surface area (Å²) in [7, 11) is 0. The normalized spacial score (nSPS) is 11.5. The topological polar surface area (TPSA) is 63.8 Å². The number of aromatic nitrogens is 2. The highest BCUT2D eigenvalue weighted by molar-refractivity contribution is 5.58. The van der Waals surface area contributed by atoms with Crippen LogP contribution in [0.1, 0.15) is 11.3 Å². The minimum Gasteiger partial charge on any atom is -0.306 e. The van der Waals surface area contributed by atoms with Crippen LogP contribution in [0.4, 0.5) is 23.4 Å². The molecule has 0 radical (unpaired) electrons. The lowest BCUT2D eigenvalue weighted by atomic mass is 10.1. The minimum atomic E-state index is -4.41. The third-order valence-corrected chi connectivity index (χ3v) is 2.62. The summed E-state index contributed by atoms with van der Waals surface area (Å²) in [5.41, 5.74) is 1.67. The highest BCUT2D eigenvalue weighted by Gasteiger charge is 2.30. The standard InChI is InChI=1S/C12H10F4N4/c1-6-9(13)11(20-17)19-10(18-6)7-2-4-8(5-3-7)12(14,15)16/h2-5H,17H2,1H3,(H,18,19,20). The van der Waals surface area contributed by atoms with Crippen LogP contribution in [0.15, 0.2) is 24.3 Å². The van der Waals surface area contributed by atoms with Gasteiger partial charge in [-0.3, -0.25) is 0 Å². The van der Waals surface area contributed by atoms with Crippen LogP contribution in [0.5, 0.6) is 0 Å². The second-order valence-electron chi connectivity index (χ2n) is 4.01. The molecule has 2 rings (SSSR count). The zero-order valence-corrected chi connectivity index (χ0v) is 10.3. The van der Waals surface area contributed by atoms with E-state index < -0.39 is 17.6 Å². The van der Waals surface area contributed by atoms with Crippen LogP contribution in [0.25, 0.3) is 11.4 Å². The van der Waals surface area contributed by atoms with Crippen molar-refractivity contribution in [2.45, 2.75) is 13.1 Å². The van der Waals surface area contributed by atoms with Crippen molar-refractivity contribution in [3.63, 3.8) is 0 Å². The Kier molecular flexibility index (Phi) is 3.58. The molecule has 0 saturated carbocycles. The number of hydrazine groups is 1. The van der Waals surface area contributed by atoms with Crippen molar-refractivity contribution < 1.29 is 17.6 Å². The first kappa shape index (κ1) is 14.2. The van der Waals surface area contributed by atoms with Crippen molar-refractivity contribution in [2.24, 2.45) is 5.84 Å². The molecule has 1 heterocycles. The molecule has 0 unspecified atom stereocenters. The van der Waals surface area contributed by atoms with E-state index in [2.05, 4.69) is 15.4 Å². The van der Waals surface area contributed by atoms with Crippen molar-refractivity contribution in [1.82, 2.24) is 9.97 Å². The summed E-state index contributed by atoms with van der Waals surface area (Å²) in [6.45, 7) is 1.41. The van der Waals surface area contributed by atoms with E-state index in [1.165, 1.54) is 19.1 Å². The lowest BCUT2D eigenvalue weighted by molar-refractivity contribution is -0.137. The number of hydrogen-bond donors (Lipinski definition) is 2. The monoisotopic (exact) mass is 286 g/mol. The molecule has 0 atom stereocenters. The van der Waals surface area contributed by atoms with Gasteiger partial charge in [0.25, 0.3) is 0 Å². The third-order valence-electron chi connectivity index (χ3n) is 2.62. The first-order valence-electron chi connectivity index (χ1n) is 5.51. The number of nitrogen functional groups attached to an aromatic ring is 1. The highest BCUT2D eigenvalue weighted by atomic mass is 19.4. The van der Waals surface area contributed by atoms with E-state index in [0.717, 1.165) is 12.1 Å². The van der Waals surface area contributed by atoms with Gasteiger partial charge in [-0.05, 0) is 19.1 Å². The van der Waals surface area contributed by atoms with Crippen molar-refractivity contribution in [2.75, 3.05) is 5.43 Å². The summed E-state index contributed by atoms with van der Waals surface area (Å²) in [5.74, 6) is 4.29. The Labute approximate surface area is 111 Å². The number of nitrogens with one attached hydrogen (secondary N) is 1. The smallest absolute Gasteiger partial charge is 0.306 e. The Morgan fingerprint density at radius 2 is 1.70 bits per heavy atom. The zero-order valence-electron chi connectivity index (χ0n) is 10.3. The fourth-order valence-corrected chi connectivity index (χ4v) is 1.59. The van der Waals surface area contributed by atoms with E-state index in [1.807, 2.05) is 0 Å². The lowest BCUT2D eigenvalue weighted by Crippen LogP contribution is -2.13. The van der Waals surface area contributed by atoms with Crippen LogP contribution in [-0.2, 0) is 6.18 Å². The average molecular weight is 286 g/mol. The van der Waals surface area contributed by atoms with Gasteiger partial charge in [0.2, 0.25) is 0 Å². The number of nitrogens with two attached hydrogens (primary N) is 1. The van der Waals surface area contributed by atoms with E-state index >= 15 is 0 Å². The molecule has 0 bridgehead atoms. The van der Waals surface area contributed by atoms with E-state index in [4.69, 9.17) is 5.84 Å². The molecule has 106 valence electrons. The van der Waals surface area contributed by atoms with Gasteiger partial charge in [-0.25, -0.2) is 20.2 Å². The Balaban J connectivity index is 2.44. The quantitative estimate of drug-likeness (QED) is 0.506. The number of aryl methyl sites for hydroxylation is 1. The first-order valence-corrected chi connectivity index (χ1v) is 5.51. The largest absolute Gasteiger partial charge is 0.416 e. The second-order valence-corrected chi connectivity index (χ2v) is 4.01. The molecular formula is C12H10F4N4. The molecule has 0 aliphatic heterocycles. The van der Waals surface area contributed by atoms with E-state index in [1.54, 1.807) is 0 Å². The fraction of sp³-hybridized carbons (Fsp3) is 0.167. The Hall–Kier alpha value is -2.22. The Morgan fingerprint density at radius 3 is 2.20 bits per heavy atom. The highest BCUT2D eigenvalue weighted by Crippen LogP contribution is 2.30. The molecule has 1 aromatic carbocycles. The maximum atomic E-state index is 13.5. The Bertz CT molecular complexity index is 623. The molecule has 0 spiro atoms. The van der Waals surface area contributed by atoms with Crippen LogP contribution in [0.2, 0.25) is 0 Å². The van der Waals surface area contributed by atoms with Crippen molar-refractivity contribution >= 4 is 5.82 Å². The minimum absolute atomic E-state index is 0.0443. The number of nitrogens with zero attached hydrogens (tertiary/aromatic N) is 2. The summed E-state index contributed by atoms with van der Waals surface area (Å²) in [6.07, 6.45) is -4.41. The van der Waals surface area contributed by atoms with E-state index in [9.17, 15) is 17.6 Å². The van der Waals surface area contributed by atoms with Crippen LogP contribution >= 0.6 is 0 Å². The van der Waals surface area contributed by atoms with Crippen LogP contribution in [0, 0.1) is 12.7 Å². The van der Waals surface area contributed by atoms with Crippen LogP contribution < -0.4 is 11.3 Å². The number of alkyl halides is 3. The van der Waals surface area contributed by atoms with Crippen LogP contribution in [0.3, 0.4) is 0 Å². The average Bonchev–Trinajstić information content (AvgIpc) is 2.41. The molecule has 0 saturated heterocycles. The molecule has 0 aliphatic carbocycles. The maximum absolute atomic E-state index is 13.5. The second kappa shape index (κ2) is 5.04. The van der Waals surface area contributed by atoms with Gasteiger partial charge >= 0.3 is 6.18 Å². The lowest BCUT2D eigenvalue weighted by Gasteiger charge is -2.09. The van der Waals surface area contributed by atoms with Gasteiger partial charge < -0.3 is 5.43 Å². The van der Waals surface area contributed by atoms with Crippen molar-refractivity contribution in [3.05, 3.63) is 41.3 Å². The summed E-state index contributed by atoms with van der Waals surface area (Å²) in [5, 5.41) is 0. The summed E-state index contributed by atoms with van der Waals surface area (Å²) in [6, 6.07) is 4.26. The molecule has 0 aliphatic rings. The first-order chi connectivity index (χ1) is 9.32. The van der Waals surface area contributed by atoms with Gasteiger partial charge in [-0.2, -0.15) is 13.2 Å². The molecule has 2 aromatic rings. The molecule has 20 heavy (non-hydrogen) atoms. The van der Waals surface area contributed by atoms with E-state index in [-0.39, 0.29) is 17.3 Å². The Morgan fingerprint density at radius 1 is 1.10 bits per heavy atom. The molecule has 0 amide bonds. The van der Waals surface area contributed by atoms with Crippen LogP contribution in [-0.4, -0.2) is 9.97 Å². The molecular weight excluding hydrogens is 276 g/mol. The van der Waals surface area contributed by atoms with Crippen molar-refractivity contribution in [1.29, 1.82) is 0 Å². The molecule has 1 aromatic heterocycles. The fourth-order valence-electron chi connectivity index (χ4n) is 1.59. The number of benzene rings is 1. The summed E-state index contributed by atoms with van der Waals surface area (Å²) in [4.78, 5) is 7.69. The van der Waals surface area contributed by atoms with Gasteiger partial charge in [0.1, 0.15) is 0 Å². The SMILES string of the molecule is Cc1nc(-c2ccc(C(F)(F)F)cc2)nc(NN)c1F. The molecule has 8 heteroatoms. The predicted molar refractivity (Wildman–Crippen MR) is 65.0 cm³/mol. The summed E-state index contributed by atoms with van der Waals surface area (Å²) < 4.78 is 50.9. The van der Waals surface area contributed by atoms with Gasteiger partial charge in [0, 0.05) is 5.56 Å². The number of hydrogen-bond acceptors (Lipinski definition) is 4. The van der Waals surface area contributed by atoms with Gasteiger partial charge in [-0.1, -0.05) is 12.1 Å². The zero-order chi connectivity index (χ0) is 14.9. The molecule has 4 nitrogen and oxygen atoms in total. The molecule has 3 N–H and O–H groups in total. The molecule has 0 fully saturated rings. The number of halogens is 4. The number of anilines is 1. The van der Waals surface area contributed by atoms with E-state index in [0.29, 0.717) is 5.56 Å². The predicted octanol–water partition coefficient (Wildman–Crippen LogP) is 2.90. The van der Waals surface area contributed by atoms with Gasteiger partial charge in [-0.15, -0.1) is 0 Å². The number of rotatable bonds is 2. The van der Waals surface area contributed by atoms with Crippen molar-refractivity contribution in [3.8, 4) is 11.4 Å². The van der Waals surface area contributed by atoms with Gasteiger partial charge in [0.15, 0.2) is 17.5 Å². The summed E-state index contributed by atoms with van der Waals surface area (Å²) >= 11 is 0. The maximum Gasteiger partial charge on any atom is 0.416 e. The third kappa shape index (κ3) is 2.69. The van der Waals surface area contributed by atoms with Gasteiger partial charge in [0.05, 0.1) is 11.3 Å².